The van der Waals surface area contributed by atoms with E-state index < -0.39 is 11.6 Å². The molecule has 2 rings (SSSR count). The maximum Gasteiger partial charge on any atom is 0.166 e. The van der Waals surface area contributed by atoms with Crippen LogP contribution in [0.1, 0.15) is 13.8 Å². The first-order valence-electron chi connectivity index (χ1n) is 5.61. The van der Waals surface area contributed by atoms with E-state index in [1.165, 1.54) is 30.6 Å². The molecular weight excluding hydrogens is 236 g/mol. The minimum Gasteiger partial charge on any atom is -0.365 e. The van der Waals surface area contributed by atoms with E-state index >= 15 is 0 Å². The van der Waals surface area contributed by atoms with Crippen molar-refractivity contribution in [3.8, 4) is 11.3 Å². The third-order valence-electron chi connectivity index (χ3n) is 2.30. The van der Waals surface area contributed by atoms with Crippen LogP contribution < -0.4 is 5.32 Å². The lowest BCUT2D eigenvalue weighted by Crippen LogP contribution is -2.12. The molecule has 5 heteroatoms. The summed E-state index contributed by atoms with van der Waals surface area (Å²) in [5.41, 5.74) is 0.417. The van der Waals surface area contributed by atoms with E-state index in [0.29, 0.717) is 5.56 Å². The van der Waals surface area contributed by atoms with E-state index in [-0.39, 0.29) is 17.6 Å². The van der Waals surface area contributed by atoms with E-state index in [0.717, 1.165) is 0 Å². The number of hydrogen-bond acceptors (Lipinski definition) is 3. The highest BCUT2D eigenvalue weighted by atomic mass is 19.1. The Balaban J connectivity index is 2.38. The van der Waals surface area contributed by atoms with Gasteiger partial charge in [-0.1, -0.05) is 0 Å². The second-order valence-electron chi connectivity index (χ2n) is 4.19. The van der Waals surface area contributed by atoms with Crippen molar-refractivity contribution in [1.82, 2.24) is 9.97 Å². The average molecular weight is 249 g/mol. The summed E-state index contributed by atoms with van der Waals surface area (Å²) in [7, 11) is 0. The maximum absolute atomic E-state index is 13.8. The molecule has 0 aromatic carbocycles. The monoisotopic (exact) mass is 249 g/mol. The Labute approximate surface area is 104 Å². The van der Waals surface area contributed by atoms with Gasteiger partial charge in [-0.3, -0.25) is 4.98 Å². The van der Waals surface area contributed by atoms with Gasteiger partial charge in [-0.25, -0.2) is 13.8 Å². The van der Waals surface area contributed by atoms with Gasteiger partial charge in [0.1, 0.15) is 11.5 Å². The van der Waals surface area contributed by atoms with Crippen molar-refractivity contribution in [3.63, 3.8) is 0 Å². The standard InChI is InChI=1S/C13H13F2N3/c1-8(2)18-13-11(15)6-9(7-17-13)12-10(14)4-3-5-16-12/h3-8H,1-2H3,(H,17,18). The molecule has 0 radical (unpaired) electrons. The van der Waals surface area contributed by atoms with E-state index in [1.807, 2.05) is 13.8 Å². The summed E-state index contributed by atoms with van der Waals surface area (Å²) in [5, 5.41) is 2.87. The number of halogens is 2. The normalized spacial score (nSPS) is 10.7. The van der Waals surface area contributed by atoms with Crippen molar-refractivity contribution >= 4 is 5.82 Å². The van der Waals surface area contributed by atoms with Gasteiger partial charge in [-0.2, -0.15) is 0 Å². The molecule has 0 unspecified atom stereocenters. The van der Waals surface area contributed by atoms with Crippen LogP contribution in [0, 0.1) is 11.6 Å². The number of nitrogens with zero attached hydrogens (tertiary/aromatic N) is 2. The van der Waals surface area contributed by atoms with Crippen molar-refractivity contribution in [1.29, 1.82) is 0 Å². The van der Waals surface area contributed by atoms with Crippen LogP contribution >= 0.6 is 0 Å². The van der Waals surface area contributed by atoms with Gasteiger partial charge in [0.2, 0.25) is 0 Å². The van der Waals surface area contributed by atoms with Crippen LogP contribution in [0.15, 0.2) is 30.6 Å². The van der Waals surface area contributed by atoms with Crippen molar-refractivity contribution in [2.24, 2.45) is 0 Å². The fourth-order valence-electron chi connectivity index (χ4n) is 1.55. The number of nitrogens with one attached hydrogen (secondary N) is 1. The Morgan fingerprint density at radius 2 is 1.94 bits per heavy atom. The van der Waals surface area contributed by atoms with E-state index in [1.54, 1.807) is 0 Å². The summed E-state index contributed by atoms with van der Waals surface area (Å²) in [5.74, 6) is -0.861. The Morgan fingerprint density at radius 1 is 1.17 bits per heavy atom. The van der Waals surface area contributed by atoms with Gasteiger partial charge in [0.15, 0.2) is 11.6 Å². The zero-order valence-corrected chi connectivity index (χ0v) is 10.1. The van der Waals surface area contributed by atoms with E-state index in [9.17, 15) is 8.78 Å². The van der Waals surface area contributed by atoms with Gasteiger partial charge in [-0.05, 0) is 32.0 Å². The fraction of sp³-hybridized carbons (Fsp3) is 0.231. The molecule has 3 nitrogen and oxygen atoms in total. The zero-order valence-electron chi connectivity index (χ0n) is 10.1. The first-order valence-corrected chi connectivity index (χ1v) is 5.61. The molecule has 0 aliphatic rings. The average Bonchev–Trinajstić information content (AvgIpc) is 2.32. The number of rotatable bonds is 3. The van der Waals surface area contributed by atoms with Crippen LogP contribution in [0.25, 0.3) is 11.3 Å². The van der Waals surface area contributed by atoms with Gasteiger partial charge in [0, 0.05) is 24.0 Å². The van der Waals surface area contributed by atoms with Gasteiger partial charge in [0.25, 0.3) is 0 Å². The number of anilines is 1. The second-order valence-corrected chi connectivity index (χ2v) is 4.19. The summed E-state index contributed by atoms with van der Waals surface area (Å²) in [6.07, 6.45) is 2.86. The lowest BCUT2D eigenvalue weighted by molar-refractivity contribution is 0.617. The molecule has 94 valence electrons. The third-order valence-corrected chi connectivity index (χ3v) is 2.30. The molecule has 0 aliphatic carbocycles. The van der Waals surface area contributed by atoms with Crippen molar-refractivity contribution in [3.05, 3.63) is 42.2 Å². The van der Waals surface area contributed by atoms with Crippen LogP contribution in [0.4, 0.5) is 14.6 Å². The lowest BCUT2D eigenvalue weighted by atomic mass is 10.2. The molecule has 0 saturated heterocycles. The van der Waals surface area contributed by atoms with Crippen LogP contribution in [0.3, 0.4) is 0 Å². The predicted octanol–water partition coefficient (Wildman–Crippen LogP) is 3.24. The highest BCUT2D eigenvalue weighted by Crippen LogP contribution is 2.22. The number of pyridine rings is 2. The molecule has 0 aliphatic heterocycles. The molecule has 18 heavy (non-hydrogen) atoms. The van der Waals surface area contributed by atoms with Crippen LogP contribution in [0.5, 0.6) is 0 Å². The van der Waals surface area contributed by atoms with Crippen molar-refractivity contribution < 1.29 is 8.78 Å². The molecule has 0 atom stereocenters. The lowest BCUT2D eigenvalue weighted by Gasteiger charge is -2.10. The summed E-state index contributed by atoms with van der Waals surface area (Å²) >= 11 is 0. The Hall–Kier alpha value is -2.04. The molecule has 2 aromatic heterocycles. The maximum atomic E-state index is 13.8. The number of hydrogen-bond donors (Lipinski definition) is 1. The van der Waals surface area contributed by atoms with Crippen LogP contribution in [0.2, 0.25) is 0 Å². The van der Waals surface area contributed by atoms with Crippen molar-refractivity contribution in [2.45, 2.75) is 19.9 Å². The minimum atomic E-state index is -0.522. The van der Waals surface area contributed by atoms with E-state index in [4.69, 9.17) is 0 Å². The highest BCUT2D eigenvalue weighted by Gasteiger charge is 2.11. The molecule has 0 spiro atoms. The Kier molecular flexibility index (Phi) is 3.50. The molecule has 0 amide bonds. The van der Waals surface area contributed by atoms with Gasteiger partial charge < -0.3 is 5.32 Å². The summed E-state index contributed by atoms with van der Waals surface area (Å²) in [6, 6.07) is 4.06. The summed E-state index contributed by atoms with van der Waals surface area (Å²) < 4.78 is 27.2. The predicted molar refractivity (Wildman–Crippen MR) is 66.1 cm³/mol. The smallest absolute Gasteiger partial charge is 0.166 e. The molecule has 0 fully saturated rings. The highest BCUT2D eigenvalue weighted by molar-refractivity contribution is 5.60. The molecule has 1 N–H and O–H groups in total. The van der Waals surface area contributed by atoms with E-state index in [2.05, 4.69) is 15.3 Å². The first kappa shape index (κ1) is 12.4. The second kappa shape index (κ2) is 5.08. The molecule has 0 saturated carbocycles. The minimum absolute atomic E-state index is 0.0736. The topological polar surface area (TPSA) is 37.8 Å². The quantitative estimate of drug-likeness (QED) is 0.907. The molecule has 2 aromatic rings. The summed E-state index contributed by atoms with van der Waals surface area (Å²) in [6.45, 7) is 3.76. The summed E-state index contributed by atoms with van der Waals surface area (Å²) in [4.78, 5) is 7.82. The zero-order chi connectivity index (χ0) is 13.1. The Bertz CT molecular complexity index is 556. The van der Waals surface area contributed by atoms with Crippen LogP contribution in [-0.2, 0) is 0 Å². The number of aromatic nitrogens is 2. The first-order chi connectivity index (χ1) is 8.58. The third kappa shape index (κ3) is 2.61. The SMILES string of the molecule is CC(C)Nc1ncc(-c2ncccc2F)cc1F. The molecule has 2 heterocycles. The van der Waals surface area contributed by atoms with Gasteiger partial charge in [-0.15, -0.1) is 0 Å². The molecular formula is C13H13F2N3. The van der Waals surface area contributed by atoms with Crippen molar-refractivity contribution in [2.75, 3.05) is 5.32 Å². The van der Waals surface area contributed by atoms with Gasteiger partial charge in [0.05, 0.1) is 0 Å². The largest absolute Gasteiger partial charge is 0.365 e. The molecule has 0 bridgehead atoms. The van der Waals surface area contributed by atoms with Gasteiger partial charge >= 0.3 is 0 Å². The Morgan fingerprint density at radius 3 is 2.56 bits per heavy atom. The fourth-order valence-corrected chi connectivity index (χ4v) is 1.55. The van der Waals surface area contributed by atoms with Crippen LogP contribution in [-0.4, -0.2) is 16.0 Å².